The molecule has 0 amide bonds. The van der Waals surface area contributed by atoms with Crippen molar-refractivity contribution in [1.82, 2.24) is 0 Å². The van der Waals surface area contributed by atoms with Crippen molar-refractivity contribution in [2.45, 2.75) is 78.2 Å². The second-order valence-corrected chi connectivity index (χ2v) is 9.74. The molecule has 202 valence electrons. The van der Waals surface area contributed by atoms with E-state index in [1.807, 2.05) is 0 Å². The summed E-state index contributed by atoms with van der Waals surface area (Å²) in [5.41, 5.74) is 4.78. The smallest absolute Gasteiger partial charge is 0.458 e. The Hall–Kier alpha value is -3.54. The highest BCUT2D eigenvalue weighted by Gasteiger charge is 2.25. The maximum atomic E-state index is 12.3. The van der Waals surface area contributed by atoms with E-state index in [1.165, 1.54) is 25.1 Å². The second kappa shape index (κ2) is 13.0. The van der Waals surface area contributed by atoms with Crippen LogP contribution in [0.1, 0.15) is 54.0 Å². The topological polar surface area (TPSA) is 159 Å². The van der Waals surface area contributed by atoms with Crippen LogP contribution in [0.4, 0.5) is 14.4 Å². The number of carbonyl (C=O) groups is 4. The van der Waals surface area contributed by atoms with E-state index in [1.54, 1.807) is 41.5 Å². The molecule has 0 aliphatic heterocycles. The van der Waals surface area contributed by atoms with Gasteiger partial charge in [0.2, 0.25) is 0 Å². The maximum absolute atomic E-state index is 12.3. The van der Waals surface area contributed by atoms with Crippen LogP contribution in [0.15, 0.2) is 18.2 Å². The Balaban J connectivity index is 2.99. The van der Waals surface area contributed by atoms with E-state index in [-0.39, 0.29) is 24.5 Å². The molecular weight excluding hydrogens is 478 g/mol. The van der Waals surface area contributed by atoms with Gasteiger partial charge in [-0.25, -0.2) is 14.4 Å². The fraction of sp³-hybridized carbons (Fsp3) is 0.583. The van der Waals surface area contributed by atoms with E-state index in [2.05, 4.69) is 4.74 Å². The Morgan fingerprint density at radius 1 is 0.861 bits per heavy atom. The van der Waals surface area contributed by atoms with Gasteiger partial charge >= 0.3 is 24.4 Å². The minimum Gasteiger partial charge on any atom is -0.458 e. The molecule has 1 aromatic rings. The third-order valence-electron chi connectivity index (χ3n) is 3.85. The molecule has 0 spiro atoms. The van der Waals surface area contributed by atoms with Crippen LogP contribution in [0.2, 0.25) is 0 Å². The monoisotopic (exact) mass is 513 g/mol. The van der Waals surface area contributed by atoms with E-state index in [0.29, 0.717) is 5.56 Å². The first-order valence-electron chi connectivity index (χ1n) is 11.1. The lowest BCUT2D eigenvalue weighted by Gasteiger charge is -2.21. The largest absolute Gasteiger partial charge is 0.514 e. The van der Waals surface area contributed by atoms with Crippen LogP contribution in [0.25, 0.3) is 0 Å². The van der Waals surface area contributed by atoms with Crippen molar-refractivity contribution in [1.29, 1.82) is 0 Å². The van der Waals surface area contributed by atoms with Crippen LogP contribution < -0.4 is 15.2 Å². The quantitative estimate of drug-likeness (QED) is 0.304. The Labute approximate surface area is 210 Å². The molecule has 0 saturated carbocycles. The van der Waals surface area contributed by atoms with Gasteiger partial charge in [0.15, 0.2) is 11.5 Å². The molecule has 2 N–H and O–H groups in total. The van der Waals surface area contributed by atoms with Crippen LogP contribution >= 0.6 is 0 Å². The molecule has 0 radical (unpaired) electrons. The lowest BCUT2D eigenvalue weighted by molar-refractivity contribution is -0.152. The summed E-state index contributed by atoms with van der Waals surface area (Å²) < 4.78 is 35.0. The highest BCUT2D eigenvalue weighted by atomic mass is 16.8. The van der Waals surface area contributed by atoms with Crippen molar-refractivity contribution in [3.8, 4) is 11.5 Å². The van der Waals surface area contributed by atoms with Gasteiger partial charge in [-0.2, -0.15) is 0 Å². The molecule has 0 heterocycles. The van der Waals surface area contributed by atoms with Gasteiger partial charge in [-0.15, -0.1) is 0 Å². The first kappa shape index (κ1) is 30.5. The summed E-state index contributed by atoms with van der Waals surface area (Å²) in [6, 6.07) is 3.17. The molecule has 0 aliphatic carbocycles. The second-order valence-electron chi connectivity index (χ2n) is 9.74. The molecular formula is C24H35NO11. The van der Waals surface area contributed by atoms with Crippen molar-refractivity contribution in [2.24, 2.45) is 5.73 Å². The number of ether oxygens (including phenoxy) is 7. The number of hydrogen-bond acceptors (Lipinski definition) is 12. The fourth-order valence-corrected chi connectivity index (χ4v) is 2.47. The Bertz CT molecular complexity index is 931. The zero-order chi connectivity index (χ0) is 27.7. The van der Waals surface area contributed by atoms with Gasteiger partial charge in [-0.1, -0.05) is 6.07 Å². The first-order chi connectivity index (χ1) is 16.5. The zero-order valence-corrected chi connectivity index (χ0v) is 21.9. The van der Waals surface area contributed by atoms with Crippen LogP contribution in [0.3, 0.4) is 0 Å². The van der Waals surface area contributed by atoms with Gasteiger partial charge in [-0.3, -0.25) is 4.79 Å². The van der Waals surface area contributed by atoms with E-state index in [4.69, 9.17) is 34.2 Å². The third-order valence-corrected chi connectivity index (χ3v) is 3.85. The maximum Gasteiger partial charge on any atom is 0.514 e. The van der Waals surface area contributed by atoms with E-state index >= 15 is 0 Å². The van der Waals surface area contributed by atoms with Crippen molar-refractivity contribution in [3.05, 3.63) is 23.8 Å². The first-order valence-corrected chi connectivity index (χ1v) is 11.1. The molecule has 12 heteroatoms. The summed E-state index contributed by atoms with van der Waals surface area (Å²) in [5.74, 6) is -1.00. The average Bonchev–Trinajstić information content (AvgIpc) is 2.70. The average molecular weight is 514 g/mol. The van der Waals surface area contributed by atoms with Gasteiger partial charge in [0, 0.05) is 0 Å². The minimum atomic E-state index is -1.10. The van der Waals surface area contributed by atoms with Crippen molar-refractivity contribution >= 4 is 24.4 Å². The van der Waals surface area contributed by atoms with E-state index in [9.17, 15) is 19.2 Å². The molecule has 12 nitrogen and oxygen atoms in total. The van der Waals surface area contributed by atoms with Gasteiger partial charge in [-0.05, 0) is 72.6 Å². The number of carbonyl (C=O) groups excluding carboxylic acids is 4. The number of esters is 1. The Morgan fingerprint density at radius 3 is 1.89 bits per heavy atom. The van der Waals surface area contributed by atoms with Crippen molar-refractivity contribution in [3.63, 3.8) is 0 Å². The molecule has 1 rings (SSSR count). The summed E-state index contributed by atoms with van der Waals surface area (Å²) in [6.45, 7) is 11.3. The minimum absolute atomic E-state index is 0.0131. The number of nitrogens with two attached hydrogens (primary N) is 1. The summed E-state index contributed by atoms with van der Waals surface area (Å²) in [4.78, 5) is 47.7. The highest BCUT2D eigenvalue weighted by Crippen LogP contribution is 2.31. The fourth-order valence-electron chi connectivity index (χ4n) is 2.47. The highest BCUT2D eigenvalue weighted by molar-refractivity contribution is 5.76. The SMILES string of the molecule is COC(=O)OC[C@H](C)OC(=O)[C@@H](N)Cc1ccc(OC(=O)OC(C)(C)C)c(OC(=O)OC(C)(C)C)c1. The molecule has 0 unspecified atom stereocenters. The molecule has 0 saturated heterocycles. The normalized spacial score (nSPS) is 13.0. The summed E-state index contributed by atoms with van der Waals surface area (Å²) >= 11 is 0. The van der Waals surface area contributed by atoms with Crippen molar-refractivity contribution in [2.75, 3.05) is 13.7 Å². The molecule has 0 aliphatic rings. The lowest BCUT2D eigenvalue weighted by Crippen LogP contribution is -2.37. The van der Waals surface area contributed by atoms with Crippen molar-refractivity contribution < 1.29 is 52.3 Å². The molecule has 1 aromatic carbocycles. The van der Waals surface area contributed by atoms with Gasteiger partial charge < -0.3 is 38.9 Å². The van der Waals surface area contributed by atoms with Crippen LogP contribution in [-0.4, -0.2) is 61.5 Å². The van der Waals surface area contributed by atoms with Crippen LogP contribution in [0.5, 0.6) is 11.5 Å². The van der Waals surface area contributed by atoms with E-state index < -0.39 is 47.8 Å². The van der Waals surface area contributed by atoms with Crippen LogP contribution in [0, 0.1) is 0 Å². The summed E-state index contributed by atoms with van der Waals surface area (Å²) in [7, 11) is 1.15. The number of hydrogen-bond donors (Lipinski definition) is 1. The Kier molecular flexibility index (Phi) is 11.0. The number of rotatable bonds is 8. The molecule has 0 bridgehead atoms. The van der Waals surface area contributed by atoms with Gasteiger partial charge in [0.25, 0.3) is 0 Å². The predicted molar refractivity (Wildman–Crippen MR) is 126 cm³/mol. The van der Waals surface area contributed by atoms with Gasteiger partial charge in [0.05, 0.1) is 7.11 Å². The lowest BCUT2D eigenvalue weighted by atomic mass is 10.1. The molecule has 0 fully saturated rings. The molecule has 36 heavy (non-hydrogen) atoms. The zero-order valence-electron chi connectivity index (χ0n) is 21.9. The Morgan fingerprint density at radius 2 is 1.39 bits per heavy atom. The van der Waals surface area contributed by atoms with Crippen LogP contribution in [-0.2, 0) is 34.9 Å². The summed E-state index contributed by atoms with van der Waals surface area (Å²) in [5, 5.41) is 0. The molecule has 0 aromatic heterocycles. The number of methoxy groups -OCH3 is 1. The summed E-state index contributed by atoms with van der Waals surface area (Å²) in [6.07, 6.45) is -3.72. The molecule has 2 atom stereocenters. The van der Waals surface area contributed by atoms with Gasteiger partial charge in [0.1, 0.15) is 30.0 Å². The predicted octanol–water partition coefficient (Wildman–Crippen LogP) is 3.90. The third kappa shape index (κ3) is 12.2. The standard InChI is InChI=1S/C24H35NO11/c1-14(13-31-20(27)30-8)32-19(26)16(25)11-15-9-10-17(33-21(28)35-23(2,3)4)18(12-15)34-22(29)36-24(5,6)7/h9-10,12,14,16H,11,13,25H2,1-8H3/t14-,16-/m0/s1. The number of benzene rings is 1. The van der Waals surface area contributed by atoms with E-state index in [0.717, 1.165) is 7.11 Å².